The van der Waals surface area contributed by atoms with Crippen LogP contribution in [0.5, 0.6) is 5.75 Å². The molecule has 4 rings (SSSR count). The van der Waals surface area contributed by atoms with E-state index in [9.17, 15) is 19.2 Å². The van der Waals surface area contributed by atoms with Gasteiger partial charge >= 0.3 is 0 Å². The number of amides is 4. The van der Waals surface area contributed by atoms with E-state index in [0.717, 1.165) is 4.90 Å². The Balaban J connectivity index is 1.32. The molecule has 2 aromatic carbocycles. The van der Waals surface area contributed by atoms with E-state index in [1.165, 1.54) is 0 Å². The second-order valence-electron chi connectivity index (χ2n) is 7.37. The molecule has 0 atom stereocenters. The van der Waals surface area contributed by atoms with Gasteiger partial charge in [-0.2, -0.15) is 0 Å². The van der Waals surface area contributed by atoms with Crippen LogP contribution in [0.3, 0.4) is 0 Å². The van der Waals surface area contributed by atoms with Gasteiger partial charge in [0.2, 0.25) is 5.91 Å². The number of carbonyl (C=O) groups is 4. The quantitative estimate of drug-likeness (QED) is 0.686. The number of hydrogen-bond acceptors (Lipinski definition) is 5. The molecule has 0 radical (unpaired) electrons. The lowest BCUT2D eigenvalue weighted by atomic mass is 10.1. The van der Waals surface area contributed by atoms with E-state index < -0.39 is 11.8 Å². The minimum absolute atomic E-state index is 0.101. The molecule has 0 saturated carbocycles. The number of ether oxygens (including phenoxy) is 1. The Labute approximate surface area is 180 Å². The summed E-state index contributed by atoms with van der Waals surface area (Å²) in [6, 6.07) is 13.5. The molecule has 8 nitrogen and oxygen atoms in total. The third-order valence-electron chi connectivity index (χ3n) is 5.50. The number of nitrogens with zero attached hydrogens (tertiary/aromatic N) is 3. The standard InChI is InChI=1S/C23H23N3O5/c1-2-31-17-9-7-16(8-10-17)21(28)25-13-11-24(12-14-25)20(27)15-26-22(29)18-5-3-4-6-19(18)23(26)30/h3-10H,2,11-15H2,1H3. The molecule has 0 aliphatic carbocycles. The maximum Gasteiger partial charge on any atom is 0.262 e. The van der Waals surface area contributed by atoms with Gasteiger partial charge in [0.25, 0.3) is 17.7 Å². The molecule has 8 heteroatoms. The van der Waals surface area contributed by atoms with Crippen LogP contribution in [-0.2, 0) is 4.79 Å². The van der Waals surface area contributed by atoms with Gasteiger partial charge in [-0.1, -0.05) is 12.1 Å². The third kappa shape index (κ3) is 4.01. The summed E-state index contributed by atoms with van der Waals surface area (Å²) in [6.45, 7) is 3.65. The fraction of sp³-hybridized carbons (Fsp3) is 0.304. The van der Waals surface area contributed by atoms with E-state index in [0.29, 0.717) is 55.2 Å². The van der Waals surface area contributed by atoms with Crippen molar-refractivity contribution in [3.63, 3.8) is 0 Å². The number of rotatable bonds is 5. The molecule has 1 saturated heterocycles. The molecular formula is C23H23N3O5. The maximum absolute atomic E-state index is 12.7. The van der Waals surface area contributed by atoms with Crippen molar-refractivity contribution in [2.24, 2.45) is 0 Å². The summed E-state index contributed by atoms with van der Waals surface area (Å²) in [5, 5.41) is 0. The summed E-state index contributed by atoms with van der Waals surface area (Å²) >= 11 is 0. The first kappa shape index (κ1) is 20.6. The summed E-state index contributed by atoms with van der Waals surface area (Å²) in [4.78, 5) is 54.6. The number of carbonyl (C=O) groups excluding carboxylic acids is 4. The second kappa shape index (κ2) is 8.59. The van der Waals surface area contributed by atoms with Crippen molar-refractivity contribution < 1.29 is 23.9 Å². The number of benzene rings is 2. The molecule has 0 unspecified atom stereocenters. The molecule has 2 aromatic rings. The van der Waals surface area contributed by atoms with Crippen LogP contribution in [-0.4, -0.2) is 77.7 Å². The minimum Gasteiger partial charge on any atom is -0.494 e. The van der Waals surface area contributed by atoms with Crippen LogP contribution in [0.1, 0.15) is 38.0 Å². The number of imide groups is 1. The van der Waals surface area contributed by atoms with E-state index in [1.807, 2.05) is 6.92 Å². The van der Waals surface area contributed by atoms with Crippen molar-refractivity contribution in [2.75, 3.05) is 39.3 Å². The van der Waals surface area contributed by atoms with Gasteiger partial charge < -0.3 is 14.5 Å². The predicted molar refractivity (Wildman–Crippen MR) is 112 cm³/mol. The van der Waals surface area contributed by atoms with E-state index in [1.54, 1.807) is 58.3 Å². The Morgan fingerprint density at radius 3 is 1.94 bits per heavy atom. The predicted octanol–water partition coefficient (Wildman–Crippen LogP) is 1.67. The monoisotopic (exact) mass is 421 g/mol. The minimum atomic E-state index is -0.446. The first-order valence-electron chi connectivity index (χ1n) is 10.2. The first-order valence-corrected chi connectivity index (χ1v) is 10.2. The van der Waals surface area contributed by atoms with Crippen LogP contribution >= 0.6 is 0 Å². The Hall–Kier alpha value is -3.68. The van der Waals surface area contributed by atoms with Crippen LogP contribution in [0.4, 0.5) is 0 Å². The van der Waals surface area contributed by atoms with Crippen molar-refractivity contribution in [3.8, 4) is 5.75 Å². The van der Waals surface area contributed by atoms with Gasteiger partial charge in [0.15, 0.2) is 0 Å². The van der Waals surface area contributed by atoms with E-state index in [-0.39, 0.29) is 18.4 Å². The van der Waals surface area contributed by atoms with E-state index in [4.69, 9.17) is 4.74 Å². The van der Waals surface area contributed by atoms with Crippen molar-refractivity contribution in [2.45, 2.75) is 6.92 Å². The molecule has 1 fully saturated rings. The van der Waals surface area contributed by atoms with Crippen LogP contribution in [0, 0.1) is 0 Å². The van der Waals surface area contributed by atoms with E-state index in [2.05, 4.69) is 0 Å². The fourth-order valence-corrected chi connectivity index (χ4v) is 3.82. The molecule has 0 spiro atoms. The van der Waals surface area contributed by atoms with Crippen molar-refractivity contribution in [3.05, 3.63) is 65.2 Å². The highest BCUT2D eigenvalue weighted by atomic mass is 16.5. The van der Waals surface area contributed by atoms with Gasteiger partial charge in [0.1, 0.15) is 12.3 Å². The van der Waals surface area contributed by atoms with Crippen LogP contribution in [0.25, 0.3) is 0 Å². The lowest BCUT2D eigenvalue weighted by molar-refractivity contribution is -0.132. The van der Waals surface area contributed by atoms with Gasteiger partial charge in [-0.25, -0.2) is 0 Å². The SMILES string of the molecule is CCOc1ccc(C(=O)N2CCN(C(=O)CN3C(=O)c4ccccc4C3=O)CC2)cc1. The van der Waals surface area contributed by atoms with Crippen LogP contribution in [0.15, 0.2) is 48.5 Å². The second-order valence-corrected chi connectivity index (χ2v) is 7.37. The fourth-order valence-electron chi connectivity index (χ4n) is 3.82. The molecule has 160 valence electrons. The maximum atomic E-state index is 12.7. The number of fused-ring (bicyclic) bond motifs is 1. The van der Waals surface area contributed by atoms with Gasteiger partial charge in [0.05, 0.1) is 17.7 Å². The van der Waals surface area contributed by atoms with Crippen molar-refractivity contribution >= 4 is 23.6 Å². The highest BCUT2D eigenvalue weighted by molar-refractivity contribution is 6.22. The summed E-state index contributed by atoms with van der Waals surface area (Å²) in [5.74, 6) is -0.586. The average Bonchev–Trinajstić information content (AvgIpc) is 3.04. The smallest absolute Gasteiger partial charge is 0.262 e. The Morgan fingerprint density at radius 1 is 0.839 bits per heavy atom. The molecule has 0 aromatic heterocycles. The molecular weight excluding hydrogens is 398 g/mol. The van der Waals surface area contributed by atoms with Crippen molar-refractivity contribution in [1.82, 2.24) is 14.7 Å². The molecule has 4 amide bonds. The Kier molecular flexibility index (Phi) is 5.70. The number of hydrogen-bond donors (Lipinski definition) is 0. The molecule has 0 N–H and O–H groups in total. The topological polar surface area (TPSA) is 87.2 Å². The lowest BCUT2D eigenvalue weighted by Gasteiger charge is -2.35. The normalized spacial score (nSPS) is 15.8. The number of piperazine rings is 1. The zero-order valence-electron chi connectivity index (χ0n) is 17.2. The highest BCUT2D eigenvalue weighted by Crippen LogP contribution is 2.22. The van der Waals surface area contributed by atoms with Crippen LogP contribution < -0.4 is 4.74 Å². The Morgan fingerprint density at radius 2 is 1.39 bits per heavy atom. The molecule has 31 heavy (non-hydrogen) atoms. The van der Waals surface area contributed by atoms with E-state index >= 15 is 0 Å². The zero-order valence-corrected chi connectivity index (χ0v) is 17.2. The first-order chi connectivity index (χ1) is 15.0. The molecule has 2 heterocycles. The van der Waals surface area contributed by atoms with Gasteiger partial charge in [-0.3, -0.25) is 24.1 Å². The summed E-state index contributed by atoms with van der Waals surface area (Å²) < 4.78 is 5.40. The molecule has 2 aliphatic rings. The van der Waals surface area contributed by atoms with Gasteiger partial charge in [0, 0.05) is 31.7 Å². The van der Waals surface area contributed by atoms with Crippen molar-refractivity contribution in [1.29, 1.82) is 0 Å². The average molecular weight is 421 g/mol. The highest BCUT2D eigenvalue weighted by Gasteiger charge is 2.37. The van der Waals surface area contributed by atoms with Gasteiger partial charge in [-0.05, 0) is 43.3 Å². The largest absolute Gasteiger partial charge is 0.494 e. The summed E-state index contributed by atoms with van der Waals surface area (Å²) in [7, 11) is 0. The third-order valence-corrected chi connectivity index (χ3v) is 5.50. The molecule has 0 bridgehead atoms. The summed E-state index contributed by atoms with van der Waals surface area (Å²) in [6.07, 6.45) is 0. The zero-order chi connectivity index (χ0) is 22.0. The Bertz CT molecular complexity index is 991. The lowest BCUT2D eigenvalue weighted by Crippen LogP contribution is -2.53. The van der Waals surface area contributed by atoms with Crippen LogP contribution in [0.2, 0.25) is 0 Å². The summed E-state index contributed by atoms with van der Waals surface area (Å²) in [5.41, 5.74) is 1.21. The molecule has 2 aliphatic heterocycles. The van der Waals surface area contributed by atoms with Gasteiger partial charge in [-0.15, -0.1) is 0 Å².